The molecule has 0 aromatic rings. The van der Waals surface area contributed by atoms with E-state index in [0.29, 0.717) is 13.2 Å². The first-order chi connectivity index (χ1) is 5.91. The van der Waals surface area contributed by atoms with Gasteiger partial charge in [-0.05, 0) is 13.3 Å². The number of epoxide rings is 1. The third-order valence-corrected chi connectivity index (χ3v) is 1.79. The van der Waals surface area contributed by atoms with Gasteiger partial charge in [-0.25, -0.2) is 0 Å². The predicted octanol–water partition coefficient (Wildman–Crippen LogP) is 2.13. The maximum absolute atomic E-state index is 11.6. The fraction of sp³-hybridized carbons (Fsp3) is 1.00. The van der Waals surface area contributed by atoms with Crippen LogP contribution >= 0.6 is 0 Å². The molecule has 1 fully saturated rings. The summed E-state index contributed by atoms with van der Waals surface area (Å²) in [5.41, 5.74) is -0.224. The van der Waals surface area contributed by atoms with Crippen LogP contribution in [0.15, 0.2) is 0 Å². The molecule has 0 aromatic carbocycles. The van der Waals surface area contributed by atoms with Crippen molar-refractivity contribution in [3.8, 4) is 0 Å². The predicted molar refractivity (Wildman–Crippen MR) is 40.5 cm³/mol. The summed E-state index contributed by atoms with van der Waals surface area (Å²) in [5.74, 6) is 0. The minimum Gasteiger partial charge on any atom is -0.378 e. The number of rotatable bonds is 5. The lowest BCUT2D eigenvalue weighted by Gasteiger charge is -2.08. The summed E-state index contributed by atoms with van der Waals surface area (Å²) < 4.78 is 45.0. The van der Waals surface area contributed by atoms with Crippen molar-refractivity contribution >= 4 is 0 Å². The Morgan fingerprint density at radius 3 is 2.54 bits per heavy atom. The van der Waals surface area contributed by atoms with E-state index in [2.05, 4.69) is 0 Å². The molecule has 5 heteroatoms. The Morgan fingerprint density at radius 2 is 2.08 bits per heavy atom. The number of hydrogen-bond acceptors (Lipinski definition) is 2. The Hall–Kier alpha value is -0.290. The van der Waals surface area contributed by atoms with Crippen LogP contribution in [0.5, 0.6) is 0 Å². The molecule has 0 bridgehead atoms. The molecule has 13 heavy (non-hydrogen) atoms. The van der Waals surface area contributed by atoms with Crippen LogP contribution in [0, 0.1) is 0 Å². The molecule has 1 saturated heterocycles. The van der Waals surface area contributed by atoms with Crippen LogP contribution in [0.25, 0.3) is 0 Å². The molecule has 0 aliphatic carbocycles. The highest BCUT2D eigenvalue weighted by molar-refractivity contribution is 4.86. The van der Waals surface area contributed by atoms with Crippen molar-refractivity contribution in [2.24, 2.45) is 0 Å². The lowest BCUT2D eigenvalue weighted by Crippen LogP contribution is -2.16. The van der Waals surface area contributed by atoms with E-state index in [4.69, 9.17) is 9.47 Å². The second-order valence-corrected chi connectivity index (χ2v) is 3.51. The summed E-state index contributed by atoms with van der Waals surface area (Å²) in [6.45, 7) is 3.06. The van der Waals surface area contributed by atoms with Gasteiger partial charge in [-0.3, -0.25) is 0 Å². The van der Waals surface area contributed by atoms with Crippen LogP contribution < -0.4 is 0 Å². The van der Waals surface area contributed by atoms with E-state index in [-0.39, 0.29) is 18.6 Å². The van der Waals surface area contributed by atoms with Gasteiger partial charge >= 0.3 is 6.18 Å². The molecule has 1 unspecified atom stereocenters. The Bertz CT molecular complexity index is 156. The Kier molecular flexibility index (Phi) is 3.18. The van der Waals surface area contributed by atoms with E-state index in [1.54, 1.807) is 0 Å². The van der Waals surface area contributed by atoms with Crippen LogP contribution in [0.3, 0.4) is 0 Å². The van der Waals surface area contributed by atoms with Crippen molar-refractivity contribution in [3.63, 3.8) is 0 Å². The van der Waals surface area contributed by atoms with Crippen LogP contribution in [0.2, 0.25) is 0 Å². The molecule has 1 aliphatic rings. The molecule has 0 saturated carbocycles. The van der Waals surface area contributed by atoms with Gasteiger partial charge < -0.3 is 9.47 Å². The van der Waals surface area contributed by atoms with E-state index < -0.39 is 12.6 Å². The van der Waals surface area contributed by atoms with Gasteiger partial charge in [-0.2, -0.15) is 13.2 Å². The van der Waals surface area contributed by atoms with Crippen molar-refractivity contribution in [2.45, 2.75) is 31.5 Å². The van der Waals surface area contributed by atoms with Crippen molar-refractivity contribution in [3.05, 3.63) is 0 Å². The highest BCUT2D eigenvalue weighted by atomic mass is 19.4. The molecule has 0 radical (unpaired) electrons. The molecule has 0 aromatic heterocycles. The maximum atomic E-state index is 11.6. The minimum atomic E-state index is -4.07. The quantitative estimate of drug-likeness (QED) is 0.498. The van der Waals surface area contributed by atoms with E-state index in [1.165, 1.54) is 0 Å². The molecule has 0 N–H and O–H groups in total. The largest absolute Gasteiger partial charge is 0.389 e. The number of hydrogen-bond donors (Lipinski definition) is 0. The SMILES string of the molecule is CC1(COCCCC(F)(F)F)CO1. The van der Waals surface area contributed by atoms with Crippen molar-refractivity contribution in [1.82, 2.24) is 0 Å². The highest BCUT2D eigenvalue weighted by Gasteiger charge is 2.39. The number of halogens is 3. The van der Waals surface area contributed by atoms with Crippen molar-refractivity contribution in [1.29, 1.82) is 0 Å². The molecule has 2 nitrogen and oxygen atoms in total. The van der Waals surface area contributed by atoms with E-state index in [1.807, 2.05) is 6.92 Å². The molecule has 1 rings (SSSR count). The van der Waals surface area contributed by atoms with Crippen LogP contribution in [0.4, 0.5) is 13.2 Å². The van der Waals surface area contributed by atoms with E-state index in [9.17, 15) is 13.2 Å². The summed E-state index contributed by atoms with van der Waals surface area (Å²) in [4.78, 5) is 0. The van der Waals surface area contributed by atoms with E-state index in [0.717, 1.165) is 0 Å². The topological polar surface area (TPSA) is 21.8 Å². The van der Waals surface area contributed by atoms with Gasteiger partial charge in [0.1, 0.15) is 5.60 Å². The zero-order valence-electron chi connectivity index (χ0n) is 7.49. The van der Waals surface area contributed by atoms with Crippen LogP contribution in [0.1, 0.15) is 19.8 Å². The van der Waals surface area contributed by atoms with Gasteiger partial charge in [0.25, 0.3) is 0 Å². The summed E-state index contributed by atoms with van der Waals surface area (Å²) in [5, 5.41) is 0. The van der Waals surface area contributed by atoms with Crippen molar-refractivity contribution in [2.75, 3.05) is 19.8 Å². The second kappa shape index (κ2) is 3.84. The minimum absolute atomic E-state index is 0.0274. The second-order valence-electron chi connectivity index (χ2n) is 3.51. The maximum Gasteiger partial charge on any atom is 0.389 e. The molecule has 0 amide bonds. The standard InChI is InChI=1S/C8H13F3O2/c1-7(6-13-7)5-12-4-2-3-8(9,10)11/h2-6H2,1H3. The molecular weight excluding hydrogens is 185 g/mol. The highest BCUT2D eigenvalue weighted by Crippen LogP contribution is 2.26. The fourth-order valence-corrected chi connectivity index (χ4v) is 0.869. The molecule has 1 heterocycles. The van der Waals surface area contributed by atoms with Crippen LogP contribution in [-0.2, 0) is 9.47 Å². The third-order valence-electron chi connectivity index (χ3n) is 1.79. The van der Waals surface area contributed by atoms with Gasteiger partial charge in [-0.1, -0.05) is 0 Å². The lowest BCUT2D eigenvalue weighted by molar-refractivity contribution is -0.138. The lowest BCUT2D eigenvalue weighted by atomic mass is 10.2. The Balaban J connectivity index is 1.90. The summed E-state index contributed by atoms with van der Waals surface area (Å²) >= 11 is 0. The third kappa shape index (κ3) is 5.10. The normalized spacial score (nSPS) is 27.7. The fourth-order valence-electron chi connectivity index (χ4n) is 0.869. The molecular formula is C8H13F3O2. The first kappa shape index (κ1) is 10.8. The molecule has 78 valence electrons. The van der Waals surface area contributed by atoms with Gasteiger partial charge in [0.2, 0.25) is 0 Å². The van der Waals surface area contributed by atoms with Crippen molar-refractivity contribution < 1.29 is 22.6 Å². The Labute approximate surface area is 75.0 Å². The molecule has 1 atom stereocenters. The van der Waals surface area contributed by atoms with Gasteiger partial charge in [0.05, 0.1) is 13.2 Å². The average molecular weight is 198 g/mol. The number of alkyl halides is 3. The first-order valence-electron chi connectivity index (χ1n) is 4.20. The number of ether oxygens (including phenoxy) is 2. The smallest absolute Gasteiger partial charge is 0.378 e. The Morgan fingerprint density at radius 1 is 1.46 bits per heavy atom. The zero-order chi connectivity index (χ0) is 9.95. The van der Waals surface area contributed by atoms with Gasteiger partial charge in [-0.15, -0.1) is 0 Å². The zero-order valence-corrected chi connectivity index (χ0v) is 7.49. The first-order valence-corrected chi connectivity index (χ1v) is 4.20. The van der Waals surface area contributed by atoms with Gasteiger partial charge in [0, 0.05) is 13.0 Å². The average Bonchev–Trinajstić information content (AvgIpc) is 2.65. The summed E-state index contributed by atoms with van der Waals surface area (Å²) in [6, 6.07) is 0. The molecule has 0 spiro atoms. The van der Waals surface area contributed by atoms with Crippen LogP contribution in [-0.4, -0.2) is 31.6 Å². The molecule has 1 aliphatic heterocycles. The summed E-state index contributed by atoms with van der Waals surface area (Å²) in [6.07, 6.45) is -4.81. The summed E-state index contributed by atoms with van der Waals surface area (Å²) in [7, 11) is 0. The monoisotopic (exact) mass is 198 g/mol. The van der Waals surface area contributed by atoms with E-state index >= 15 is 0 Å². The van der Waals surface area contributed by atoms with Gasteiger partial charge in [0.15, 0.2) is 0 Å².